The number of fused-ring (bicyclic) bond motifs is 1. The maximum absolute atomic E-state index is 13.1. The first-order valence-electron chi connectivity index (χ1n) is 9.16. The van der Waals surface area contributed by atoms with Crippen molar-refractivity contribution in [1.82, 2.24) is 4.90 Å². The van der Waals surface area contributed by atoms with Crippen molar-refractivity contribution in [3.05, 3.63) is 51.7 Å². The molecule has 0 aliphatic carbocycles. The number of ether oxygens (including phenoxy) is 4. The fourth-order valence-corrected chi connectivity index (χ4v) is 3.57. The van der Waals surface area contributed by atoms with E-state index in [4.69, 9.17) is 18.9 Å². The largest absolute Gasteiger partial charge is 0.493 e. The van der Waals surface area contributed by atoms with E-state index in [1.807, 2.05) is 12.1 Å². The molecule has 1 amide bonds. The minimum absolute atomic E-state index is 0.299. The summed E-state index contributed by atoms with van der Waals surface area (Å²) < 4.78 is 34.4. The Labute approximate surface area is 181 Å². The van der Waals surface area contributed by atoms with Gasteiger partial charge in [-0.05, 0) is 63.8 Å². The second-order valence-electron chi connectivity index (χ2n) is 6.57. The number of amides is 1. The topological polar surface area (TPSA) is 74.3 Å². The number of halogens is 2. The molecule has 2 aromatic carbocycles. The Morgan fingerprint density at radius 2 is 1.73 bits per heavy atom. The second-order valence-corrected chi connectivity index (χ2v) is 7.42. The van der Waals surface area contributed by atoms with Crippen molar-refractivity contribution in [2.24, 2.45) is 0 Å². The minimum atomic E-state index is -0.691. The summed E-state index contributed by atoms with van der Waals surface area (Å²) >= 11 is 3.15. The molecule has 9 heteroatoms. The number of rotatable bonds is 7. The Morgan fingerprint density at radius 3 is 2.40 bits per heavy atom. The maximum Gasteiger partial charge on any atom is 0.344 e. The number of carbonyl (C=O) groups is 2. The highest BCUT2D eigenvalue weighted by Gasteiger charge is 2.23. The minimum Gasteiger partial charge on any atom is -0.493 e. The normalized spacial score (nSPS) is 12.7. The summed E-state index contributed by atoms with van der Waals surface area (Å²) in [7, 11) is 3.14. The Morgan fingerprint density at radius 1 is 1.03 bits per heavy atom. The fraction of sp³-hybridized carbons (Fsp3) is 0.333. The molecule has 0 saturated heterocycles. The number of benzene rings is 2. The van der Waals surface area contributed by atoms with Crippen LogP contribution in [0.5, 0.6) is 17.2 Å². The van der Waals surface area contributed by atoms with Crippen LogP contribution in [0.3, 0.4) is 0 Å². The van der Waals surface area contributed by atoms with Crippen molar-refractivity contribution in [3.63, 3.8) is 0 Å². The van der Waals surface area contributed by atoms with Crippen LogP contribution in [0.4, 0.5) is 4.39 Å². The summed E-state index contributed by atoms with van der Waals surface area (Å²) in [5.41, 5.74) is 2.05. The first kappa shape index (κ1) is 21.9. The summed E-state index contributed by atoms with van der Waals surface area (Å²) in [4.78, 5) is 26.0. The van der Waals surface area contributed by atoms with Gasteiger partial charge in [0.15, 0.2) is 24.7 Å². The van der Waals surface area contributed by atoms with Crippen LogP contribution >= 0.6 is 15.9 Å². The van der Waals surface area contributed by atoms with E-state index in [2.05, 4.69) is 15.9 Å². The van der Waals surface area contributed by atoms with Gasteiger partial charge in [0.25, 0.3) is 5.91 Å². The van der Waals surface area contributed by atoms with Gasteiger partial charge in [-0.1, -0.05) is 0 Å². The number of hydrogen-bond donors (Lipinski definition) is 0. The van der Waals surface area contributed by atoms with Crippen LogP contribution in [-0.2, 0) is 27.3 Å². The summed E-state index contributed by atoms with van der Waals surface area (Å²) in [6.45, 7) is 0.135. The first-order chi connectivity index (χ1) is 14.4. The molecule has 1 aliphatic heterocycles. The van der Waals surface area contributed by atoms with Crippen LogP contribution in [0.1, 0.15) is 11.1 Å². The van der Waals surface area contributed by atoms with E-state index >= 15 is 0 Å². The Kier molecular flexibility index (Phi) is 7.15. The summed E-state index contributed by atoms with van der Waals surface area (Å²) in [5.74, 6) is 0.132. The zero-order valence-corrected chi connectivity index (χ0v) is 18.2. The Balaban J connectivity index is 1.51. The smallest absolute Gasteiger partial charge is 0.344 e. The molecular formula is C21H21BrFNO6. The molecule has 0 spiro atoms. The molecule has 7 nitrogen and oxygen atoms in total. The van der Waals surface area contributed by atoms with Gasteiger partial charge in [0.05, 0.1) is 18.7 Å². The van der Waals surface area contributed by atoms with E-state index < -0.39 is 18.4 Å². The first-order valence-corrected chi connectivity index (χ1v) is 9.95. The summed E-state index contributed by atoms with van der Waals surface area (Å²) in [5, 5.41) is 0. The van der Waals surface area contributed by atoms with E-state index in [9.17, 15) is 14.0 Å². The molecule has 3 rings (SSSR count). The van der Waals surface area contributed by atoms with Gasteiger partial charge < -0.3 is 23.8 Å². The number of nitrogens with zero attached hydrogens (tertiary/aromatic N) is 1. The highest BCUT2D eigenvalue weighted by molar-refractivity contribution is 9.10. The molecule has 160 valence electrons. The monoisotopic (exact) mass is 481 g/mol. The zero-order chi connectivity index (χ0) is 21.7. The predicted octanol–water partition coefficient (Wildman–Crippen LogP) is 3.11. The average Bonchev–Trinajstić information content (AvgIpc) is 2.75. The van der Waals surface area contributed by atoms with Crippen LogP contribution in [0.15, 0.2) is 34.8 Å². The molecule has 2 aromatic rings. The lowest BCUT2D eigenvalue weighted by Crippen LogP contribution is -2.39. The van der Waals surface area contributed by atoms with Crippen LogP contribution in [0.2, 0.25) is 0 Å². The van der Waals surface area contributed by atoms with Crippen molar-refractivity contribution >= 4 is 27.8 Å². The van der Waals surface area contributed by atoms with Crippen molar-refractivity contribution in [1.29, 1.82) is 0 Å². The molecular weight excluding hydrogens is 461 g/mol. The zero-order valence-electron chi connectivity index (χ0n) is 16.6. The highest BCUT2D eigenvalue weighted by Crippen LogP contribution is 2.33. The van der Waals surface area contributed by atoms with Crippen molar-refractivity contribution in [2.45, 2.75) is 13.0 Å². The van der Waals surface area contributed by atoms with E-state index in [0.717, 1.165) is 11.1 Å². The van der Waals surface area contributed by atoms with Crippen molar-refractivity contribution in [2.75, 3.05) is 34.0 Å². The molecule has 0 radical (unpaired) electrons. The lowest BCUT2D eigenvalue weighted by molar-refractivity contribution is -0.154. The van der Waals surface area contributed by atoms with E-state index in [1.54, 1.807) is 19.1 Å². The molecule has 1 aliphatic rings. The molecule has 0 saturated carbocycles. The van der Waals surface area contributed by atoms with Gasteiger partial charge in [-0.25, -0.2) is 9.18 Å². The SMILES string of the molecule is COc1cc2c(cc1OC)CN(C(=O)COC(=O)COc1ccc(F)cc1Br)CC2. The number of carbonyl (C=O) groups excluding carboxylic acids is 2. The maximum atomic E-state index is 13.1. The standard InChI is InChI=1S/C21H21BrFNO6/c1-27-18-7-13-5-6-24(10-14(13)8-19(18)28-2)20(25)11-30-21(26)12-29-17-4-3-15(23)9-16(17)22/h3-4,7-9H,5-6,10-12H2,1-2H3. The molecule has 0 unspecified atom stereocenters. The fourth-order valence-electron chi connectivity index (χ4n) is 3.10. The molecule has 0 bridgehead atoms. The Hall–Kier alpha value is -2.81. The van der Waals surface area contributed by atoms with Gasteiger partial charge in [0.1, 0.15) is 11.6 Å². The van der Waals surface area contributed by atoms with Crippen molar-refractivity contribution < 1.29 is 32.9 Å². The van der Waals surface area contributed by atoms with Gasteiger partial charge in [-0.15, -0.1) is 0 Å². The number of methoxy groups -OCH3 is 2. The van der Waals surface area contributed by atoms with Crippen LogP contribution in [0.25, 0.3) is 0 Å². The summed E-state index contributed by atoms with van der Waals surface area (Å²) in [6, 6.07) is 7.61. The highest BCUT2D eigenvalue weighted by atomic mass is 79.9. The molecule has 0 atom stereocenters. The van der Waals surface area contributed by atoms with E-state index in [0.29, 0.717) is 41.2 Å². The van der Waals surface area contributed by atoms with E-state index in [1.165, 1.54) is 18.2 Å². The predicted molar refractivity (Wildman–Crippen MR) is 109 cm³/mol. The summed E-state index contributed by atoms with van der Waals surface area (Å²) in [6.07, 6.45) is 0.664. The quantitative estimate of drug-likeness (QED) is 0.565. The Bertz CT molecular complexity index is 951. The number of hydrogen-bond acceptors (Lipinski definition) is 6. The van der Waals surface area contributed by atoms with E-state index in [-0.39, 0.29) is 12.5 Å². The molecule has 1 heterocycles. The van der Waals surface area contributed by atoms with Gasteiger partial charge >= 0.3 is 5.97 Å². The third kappa shape index (κ3) is 5.21. The molecule has 0 fully saturated rings. The van der Waals surface area contributed by atoms with Gasteiger partial charge in [0.2, 0.25) is 0 Å². The van der Waals surface area contributed by atoms with Crippen LogP contribution in [-0.4, -0.2) is 50.8 Å². The average molecular weight is 482 g/mol. The van der Waals surface area contributed by atoms with Crippen LogP contribution < -0.4 is 14.2 Å². The molecule has 30 heavy (non-hydrogen) atoms. The van der Waals surface area contributed by atoms with Gasteiger partial charge in [-0.3, -0.25) is 4.79 Å². The van der Waals surface area contributed by atoms with Gasteiger partial charge in [0, 0.05) is 13.1 Å². The lowest BCUT2D eigenvalue weighted by atomic mass is 9.99. The van der Waals surface area contributed by atoms with Gasteiger partial charge in [-0.2, -0.15) is 0 Å². The van der Waals surface area contributed by atoms with Crippen molar-refractivity contribution in [3.8, 4) is 17.2 Å². The molecule has 0 aromatic heterocycles. The molecule has 0 N–H and O–H groups in total. The van der Waals surface area contributed by atoms with Crippen LogP contribution in [0, 0.1) is 5.82 Å². The lowest BCUT2D eigenvalue weighted by Gasteiger charge is -2.29. The second kappa shape index (κ2) is 9.80. The number of esters is 1. The third-order valence-electron chi connectivity index (χ3n) is 4.67. The third-order valence-corrected chi connectivity index (χ3v) is 5.29.